The minimum Gasteiger partial charge on any atom is -0.311 e. The number of nitrogens with one attached hydrogen (secondary N) is 1. The second-order valence-electron chi connectivity index (χ2n) is 5.10. The van der Waals surface area contributed by atoms with Crippen LogP contribution in [0.2, 0.25) is 0 Å². The maximum atomic E-state index is 4.17. The lowest BCUT2D eigenvalue weighted by Gasteiger charge is -2.10. The summed E-state index contributed by atoms with van der Waals surface area (Å²) in [7, 11) is 0. The van der Waals surface area contributed by atoms with Gasteiger partial charge in [-0.25, -0.2) is 4.68 Å². The molecule has 19 heavy (non-hydrogen) atoms. The number of halogens is 1. The van der Waals surface area contributed by atoms with Crippen molar-refractivity contribution in [3.8, 4) is 5.69 Å². The van der Waals surface area contributed by atoms with Crippen molar-refractivity contribution in [2.24, 2.45) is 5.92 Å². The molecule has 0 bridgehead atoms. The van der Waals surface area contributed by atoms with E-state index >= 15 is 0 Å². The Morgan fingerprint density at radius 3 is 2.84 bits per heavy atom. The predicted molar refractivity (Wildman–Crippen MR) is 80.3 cm³/mol. The largest absolute Gasteiger partial charge is 0.311 e. The number of rotatable bonds is 5. The lowest BCUT2D eigenvalue weighted by Crippen LogP contribution is -2.20. The summed E-state index contributed by atoms with van der Waals surface area (Å²) in [5.74, 6) is 0.638. The molecule has 0 fully saturated rings. The van der Waals surface area contributed by atoms with Gasteiger partial charge in [0.25, 0.3) is 0 Å². The SMILES string of the molecule is Cc1cc(-n2nncc2CNCC(C)C)ccc1Br. The average Bonchev–Trinajstić information content (AvgIpc) is 2.80. The van der Waals surface area contributed by atoms with Crippen molar-refractivity contribution >= 4 is 15.9 Å². The maximum absolute atomic E-state index is 4.17. The summed E-state index contributed by atoms with van der Waals surface area (Å²) in [4.78, 5) is 0. The lowest BCUT2D eigenvalue weighted by molar-refractivity contribution is 0.542. The molecule has 0 spiro atoms. The van der Waals surface area contributed by atoms with Crippen molar-refractivity contribution in [1.29, 1.82) is 0 Å². The van der Waals surface area contributed by atoms with Gasteiger partial charge in [-0.15, -0.1) is 5.10 Å². The summed E-state index contributed by atoms with van der Waals surface area (Å²) in [5.41, 5.74) is 3.30. The van der Waals surface area contributed by atoms with Crippen LogP contribution in [-0.2, 0) is 6.54 Å². The molecule has 0 amide bonds. The Labute approximate surface area is 122 Å². The fourth-order valence-electron chi connectivity index (χ4n) is 1.84. The monoisotopic (exact) mass is 322 g/mol. The summed E-state index contributed by atoms with van der Waals surface area (Å²) < 4.78 is 2.99. The summed E-state index contributed by atoms with van der Waals surface area (Å²) in [6.45, 7) is 8.23. The smallest absolute Gasteiger partial charge is 0.0783 e. The molecule has 5 heteroatoms. The number of aromatic nitrogens is 3. The van der Waals surface area contributed by atoms with Gasteiger partial charge in [0.1, 0.15) is 0 Å². The third kappa shape index (κ3) is 3.64. The molecule has 0 radical (unpaired) electrons. The van der Waals surface area contributed by atoms with E-state index in [-0.39, 0.29) is 0 Å². The van der Waals surface area contributed by atoms with Gasteiger partial charge < -0.3 is 5.32 Å². The van der Waals surface area contributed by atoms with E-state index in [1.54, 1.807) is 0 Å². The van der Waals surface area contributed by atoms with Gasteiger partial charge >= 0.3 is 0 Å². The molecule has 0 saturated carbocycles. The average molecular weight is 323 g/mol. The first-order valence-electron chi connectivity index (χ1n) is 6.44. The highest BCUT2D eigenvalue weighted by Crippen LogP contribution is 2.19. The van der Waals surface area contributed by atoms with Gasteiger partial charge in [0.05, 0.1) is 17.6 Å². The minimum atomic E-state index is 0.638. The molecule has 1 aromatic carbocycles. The molecular formula is C14H19BrN4. The fraction of sp³-hybridized carbons (Fsp3) is 0.429. The number of benzene rings is 1. The highest BCUT2D eigenvalue weighted by atomic mass is 79.9. The number of hydrogen-bond donors (Lipinski definition) is 1. The zero-order chi connectivity index (χ0) is 13.8. The van der Waals surface area contributed by atoms with Crippen LogP contribution in [0.5, 0.6) is 0 Å². The third-order valence-electron chi connectivity index (χ3n) is 2.86. The second kappa shape index (κ2) is 6.30. The van der Waals surface area contributed by atoms with Crippen molar-refractivity contribution in [2.45, 2.75) is 27.3 Å². The van der Waals surface area contributed by atoms with Crippen molar-refractivity contribution in [3.05, 3.63) is 40.1 Å². The summed E-state index contributed by atoms with van der Waals surface area (Å²) >= 11 is 3.51. The summed E-state index contributed by atoms with van der Waals surface area (Å²) in [5, 5.41) is 11.6. The first kappa shape index (κ1) is 14.2. The fourth-order valence-corrected chi connectivity index (χ4v) is 2.09. The van der Waals surface area contributed by atoms with E-state index < -0.39 is 0 Å². The molecule has 1 heterocycles. The Kier molecular flexibility index (Phi) is 4.71. The summed E-state index contributed by atoms with van der Waals surface area (Å²) in [6, 6.07) is 6.18. The zero-order valence-corrected chi connectivity index (χ0v) is 13.1. The van der Waals surface area contributed by atoms with Crippen LogP contribution >= 0.6 is 15.9 Å². The van der Waals surface area contributed by atoms with E-state index in [1.807, 2.05) is 23.0 Å². The molecule has 1 aromatic heterocycles. The first-order chi connectivity index (χ1) is 9.08. The van der Waals surface area contributed by atoms with Crippen molar-refractivity contribution in [1.82, 2.24) is 20.3 Å². The van der Waals surface area contributed by atoms with Crippen molar-refractivity contribution in [3.63, 3.8) is 0 Å². The molecule has 0 aliphatic heterocycles. The maximum Gasteiger partial charge on any atom is 0.0783 e. The van der Waals surface area contributed by atoms with Crippen LogP contribution < -0.4 is 5.32 Å². The molecule has 0 unspecified atom stereocenters. The van der Waals surface area contributed by atoms with E-state index in [0.29, 0.717) is 5.92 Å². The van der Waals surface area contributed by atoms with Crippen molar-refractivity contribution < 1.29 is 0 Å². The zero-order valence-electron chi connectivity index (χ0n) is 11.5. The van der Waals surface area contributed by atoms with Crippen LogP contribution in [0.4, 0.5) is 0 Å². The normalized spacial score (nSPS) is 11.2. The minimum absolute atomic E-state index is 0.638. The first-order valence-corrected chi connectivity index (χ1v) is 7.24. The molecule has 102 valence electrons. The van der Waals surface area contributed by atoms with Gasteiger partial charge in [0, 0.05) is 11.0 Å². The standard InChI is InChI=1S/C14H19BrN4/c1-10(2)7-16-8-13-9-17-18-19(13)12-4-5-14(15)11(3)6-12/h4-6,9-10,16H,7-8H2,1-3H3. The summed E-state index contributed by atoms with van der Waals surface area (Å²) in [6.07, 6.45) is 1.81. The van der Waals surface area contributed by atoms with Crippen LogP contribution in [0.3, 0.4) is 0 Å². The van der Waals surface area contributed by atoms with Crippen LogP contribution in [0.15, 0.2) is 28.9 Å². The number of aryl methyl sites for hydroxylation is 1. The van der Waals surface area contributed by atoms with E-state index in [4.69, 9.17) is 0 Å². The van der Waals surface area contributed by atoms with Crippen LogP contribution in [0, 0.1) is 12.8 Å². The van der Waals surface area contributed by atoms with Crippen LogP contribution in [0.1, 0.15) is 25.1 Å². The Hall–Kier alpha value is -1.20. The molecular weight excluding hydrogens is 304 g/mol. The van der Waals surface area contributed by atoms with Gasteiger partial charge in [0.15, 0.2) is 0 Å². The van der Waals surface area contributed by atoms with Gasteiger partial charge in [-0.2, -0.15) is 0 Å². The quantitative estimate of drug-likeness (QED) is 0.919. The van der Waals surface area contributed by atoms with Crippen LogP contribution in [-0.4, -0.2) is 21.5 Å². The highest BCUT2D eigenvalue weighted by molar-refractivity contribution is 9.10. The molecule has 1 N–H and O–H groups in total. The van der Waals surface area contributed by atoms with E-state index in [0.717, 1.165) is 28.9 Å². The molecule has 0 atom stereocenters. The van der Waals surface area contributed by atoms with Crippen LogP contribution in [0.25, 0.3) is 5.69 Å². The Balaban J connectivity index is 2.16. The van der Waals surface area contributed by atoms with E-state index in [9.17, 15) is 0 Å². The van der Waals surface area contributed by atoms with Gasteiger partial charge in [-0.1, -0.05) is 35.0 Å². The number of hydrogen-bond acceptors (Lipinski definition) is 3. The molecule has 0 saturated heterocycles. The molecule has 0 aliphatic rings. The Morgan fingerprint density at radius 2 is 2.16 bits per heavy atom. The molecule has 2 rings (SSSR count). The highest BCUT2D eigenvalue weighted by Gasteiger charge is 2.07. The van der Waals surface area contributed by atoms with Gasteiger partial charge in [0.2, 0.25) is 0 Å². The van der Waals surface area contributed by atoms with E-state index in [1.165, 1.54) is 5.56 Å². The topological polar surface area (TPSA) is 42.7 Å². The number of nitrogens with zero attached hydrogens (tertiary/aromatic N) is 3. The lowest BCUT2D eigenvalue weighted by atomic mass is 10.2. The van der Waals surface area contributed by atoms with E-state index in [2.05, 4.69) is 58.4 Å². The molecule has 0 aliphatic carbocycles. The predicted octanol–water partition coefficient (Wildman–Crippen LogP) is 3.08. The molecule has 4 nitrogen and oxygen atoms in total. The second-order valence-corrected chi connectivity index (χ2v) is 5.95. The van der Waals surface area contributed by atoms with Crippen molar-refractivity contribution in [2.75, 3.05) is 6.54 Å². The van der Waals surface area contributed by atoms with Gasteiger partial charge in [-0.3, -0.25) is 0 Å². The Morgan fingerprint density at radius 1 is 1.37 bits per heavy atom. The Bertz CT molecular complexity index is 548. The van der Waals surface area contributed by atoms with Gasteiger partial charge in [-0.05, 0) is 43.1 Å². The molecule has 2 aromatic rings. The third-order valence-corrected chi connectivity index (χ3v) is 3.75.